The number of hydrogen-bond donors (Lipinski definition) is 0. The van der Waals surface area contributed by atoms with Crippen molar-refractivity contribution in [1.82, 2.24) is 0 Å². The molecule has 0 heterocycles. The van der Waals surface area contributed by atoms with Crippen LogP contribution >= 0.6 is 0 Å². The van der Waals surface area contributed by atoms with Gasteiger partial charge in [0, 0.05) is 26.2 Å². The van der Waals surface area contributed by atoms with E-state index in [4.69, 9.17) is 18.9 Å². The molecule has 0 rings (SSSR count). The third kappa shape index (κ3) is 24.9. The molecule has 41 heavy (non-hydrogen) atoms. The van der Waals surface area contributed by atoms with E-state index in [-0.39, 0.29) is 0 Å². The summed E-state index contributed by atoms with van der Waals surface area (Å²) in [6.07, 6.45) is 25.4. The van der Waals surface area contributed by atoms with Crippen molar-refractivity contribution in [2.45, 2.75) is 195 Å². The predicted molar refractivity (Wildman–Crippen MR) is 179 cm³/mol. The van der Waals surface area contributed by atoms with Crippen LogP contribution in [0.1, 0.15) is 183 Å². The molecule has 248 valence electrons. The maximum absolute atomic E-state index is 6.70. The minimum Gasteiger partial charge on any atom is -0.381 e. The van der Waals surface area contributed by atoms with Crippen molar-refractivity contribution in [3.63, 3.8) is 0 Å². The van der Waals surface area contributed by atoms with E-state index >= 15 is 0 Å². The Bertz CT molecular complexity index is 511. The molecule has 0 aromatic heterocycles. The van der Waals surface area contributed by atoms with E-state index in [1.54, 1.807) is 0 Å². The molecule has 4 nitrogen and oxygen atoms in total. The topological polar surface area (TPSA) is 36.9 Å². The average molecular weight is 585 g/mol. The Kier molecular flexibility index (Phi) is 29.8. The number of rotatable bonds is 33. The van der Waals surface area contributed by atoms with Crippen LogP contribution < -0.4 is 0 Å². The van der Waals surface area contributed by atoms with Crippen LogP contribution in [0, 0.1) is 11.8 Å². The summed E-state index contributed by atoms with van der Waals surface area (Å²) in [6.45, 7) is 20.3. The van der Waals surface area contributed by atoms with E-state index in [2.05, 4.69) is 48.5 Å². The Morgan fingerprint density at radius 1 is 0.488 bits per heavy atom. The number of ether oxygens (including phenoxy) is 4. The Balaban J connectivity index is 5.25. The second kappa shape index (κ2) is 29.9. The Morgan fingerprint density at radius 2 is 1.07 bits per heavy atom. The van der Waals surface area contributed by atoms with Crippen LogP contribution in [-0.4, -0.2) is 44.9 Å². The zero-order valence-corrected chi connectivity index (χ0v) is 29.2. The molecule has 0 radical (unpaired) electrons. The van der Waals surface area contributed by atoms with E-state index < -0.39 is 5.79 Å². The summed E-state index contributed by atoms with van der Waals surface area (Å²) < 4.78 is 25.7. The van der Waals surface area contributed by atoms with Crippen molar-refractivity contribution in [3.8, 4) is 0 Å². The lowest BCUT2D eigenvalue weighted by Crippen LogP contribution is -2.39. The van der Waals surface area contributed by atoms with Gasteiger partial charge in [-0.2, -0.15) is 0 Å². The summed E-state index contributed by atoms with van der Waals surface area (Å²) in [7, 11) is 0. The number of unbranched alkanes of at least 4 members (excludes halogenated alkanes) is 8. The standard InChI is InChI=1S/C37H76O4/c1-8-13-18-28-38-29-21-16-17-25-35(26-27-36(23-11-4)39-30-19-14-9-2)33-37(12-5,40-31-20-15-10-3)41-32-22-24-34(6)7/h34-36H,8-33H2,1-7H3. The maximum Gasteiger partial charge on any atom is 0.168 e. The summed E-state index contributed by atoms with van der Waals surface area (Å²) in [6, 6.07) is 0. The molecule has 0 aliphatic rings. The van der Waals surface area contributed by atoms with Crippen LogP contribution in [0.3, 0.4) is 0 Å². The highest BCUT2D eigenvalue weighted by atomic mass is 16.7. The monoisotopic (exact) mass is 585 g/mol. The molecular formula is C37H76O4. The fourth-order valence-electron chi connectivity index (χ4n) is 5.68. The first-order valence-corrected chi connectivity index (χ1v) is 18.4. The molecule has 4 heteroatoms. The first-order chi connectivity index (χ1) is 20.0. The smallest absolute Gasteiger partial charge is 0.168 e. The van der Waals surface area contributed by atoms with Crippen LogP contribution in [0.15, 0.2) is 0 Å². The summed E-state index contributed by atoms with van der Waals surface area (Å²) in [4.78, 5) is 0. The fraction of sp³-hybridized carbons (Fsp3) is 1.00. The van der Waals surface area contributed by atoms with Gasteiger partial charge in [0.2, 0.25) is 0 Å². The SMILES string of the molecule is CCCCCOCCCCCC(CCC(CCC)OCCCCC)CC(CC)(OCCCCC)OCCCC(C)C. The second-order valence-corrected chi connectivity index (χ2v) is 13.0. The zero-order valence-electron chi connectivity index (χ0n) is 29.2. The number of hydrogen-bond acceptors (Lipinski definition) is 4. The normalized spacial score (nSPS) is 14.9. The highest BCUT2D eigenvalue weighted by Gasteiger charge is 2.33. The Labute approximate surface area is 258 Å². The van der Waals surface area contributed by atoms with Gasteiger partial charge in [-0.15, -0.1) is 0 Å². The average Bonchev–Trinajstić information content (AvgIpc) is 2.96. The van der Waals surface area contributed by atoms with Gasteiger partial charge in [0.25, 0.3) is 0 Å². The lowest BCUT2D eigenvalue weighted by molar-refractivity contribution is -0.250. The van der Waals surface area contributed by atoms with E-state index in [0.29, 0.717) is 12.0 Å². The van der Waals surface area contributed by atoms with Gasteiger partial charge in [-0.3, -0.25) is 0 Å². The summed E-state index contributed by atoms with van der Waals surface area (Å²) in [5.41, 5.74) is 0. The van der Waals surface area contributed by atoms with Crippen LogP contribution in [0.5, 0.6) is 0 Å². The van der Waals surface area contributed by atoms with Crippen molar-refractivity contribution in [2.75, 3.05) is 33.0 Å². The van der Waals surface area contributed by atoms with Crippen LogP contribution in [0.25, 0.3) is 0 Å². The van der Waals surface area contributed by atoms with Crippen LogP contribution in [0.4, 0.5) is 0 Å². The second-order valence-electron chi connectivity index (χ2n) is 13.0. The molecule has 0 N–H and O–H groups in total. The lowest BCUT2D eigenvalue weighted by Gasteiger charge is -2.37. The van der Waals surface area contributed by atoms with Gasteiger partial charge in [0.1, 0.15) is 0 Å². The third-order valence-electron chi connectivity index (χ3n) is 8.44. The van der Waals surface area contributed by atoms with Gasteiger partial charge in [-0.05, 0) is 76.0 Å². The molecule has 0 spiro atoms. The first-order valence-electron chi connectivity index (χ1n) is 18.4. The maximum atomic E-state index is 6.70. The van der Waals surface area contributed by atoms with Gasteiger partial charge in [-0.25, -0.2) is 0 Å². The van der Waals surface area contributed by atoms with Gasteiger partial charge < -0.3 is 18.9 Å². The Morgan fingerprint density at radius 3 is 1.66 bits per heavy atom. The molecule has 0 amide bonds. The highest BCUT2D eigenvalue weighted by Crippen LogP contribution is 2.34. The van der Waals surface area contributed by atoms with E-state index in [9.17, 15) is 0 Å². The molecule has 3 unspecified atom stereocenters. The molecule has 0 aromatic rings. The summed E-state index contributed by atoms with van der Waals surface area (Å²) >= 11 is 0. The van der Waals surface area contributed by atoms with Gasteiger partial charge in [0.15, 0.2) is 5.79 Å². The molecule has 0 saturated carbocycles. The molecule has 3 atom stereocenters. The van der Waals surface area contributed by atoms with Gasteiger partial charge in [-0.1, -0.05) is 113 Å². The summed E-state index contributed by atoms with van der Waals surface area (Å²) in [5, 5.41) is 0. The zero-order chi connectivity index (χ0) is 30.4. The fourth-order valence-corrected chi connectivity index (χ4v) is 5.68. The molecule has 0 bridgehead atoms. The summed E-state index contributed by atoms with van der Waals surface area (Å²) in [5.74, 6) is 0.881. The molecule has 0 fully saturated rings. The first kappa shape index (κ1) is 40.8. The van der Waals surface area contributed by atoms with Crippen LogP contribution in [0.2, 0.25) is 0 Å². The largest absolute Gasteiger partial charge is 0.381 e. The minimum absolute atomic E-state index is 0.393. The highest BCUT2D eigenvalue weighted by molar-refractivity contribution is 4.76. The van der Waals surface area contributed by atoms with Gasteiger partial charge >= 0.3 is 0 Å². The molecular weight excluding hydrogens is 508 g/mol. The van der Waals surface area contributed by atoms with E-state index in [0.717, 1.165) is 71.1 Å². The van der Waals surface area contributed by atoms with Crippen molar-refractivity contribution in [3.05, 3.63) is 0 Å². The van der Waals surface area contributed by atoms with Crippen molar-refractivity contribution >= 4 is 0 Å². The van der Waals surface area contributed by atoms with Gasteiger partial charge in [0.05, 0.1) is 19.3 Å². The third-order valence-corrected chi connectivity index (χ3v) is 8.44. The molecule has 0 saturated heterocycles. The quantitative estimate of drug-likeness (QED) is 0.0568. The minimum atomic E-state index is -0.444. The molecule has 0 aliphatic carbocycles. The van der Waals surface area contributed by atoms with E-state index in [1.807, 2.05) is 0 Å². The van der Waals surface area contributed by atoms with Crippen molar-refractivity contribution in [1.29, 1.82) is 0 Å². The van der Waals surface area contributed by atoms with E-state index in [1.165, 1.54) is 103 Å². The van der Waals surface area contributed by atoms with Crippen LogP contribution in [-0.2, 0) is 18.9 Å². The predicted octanol–water partition coefficient (Wildman–Crippen LogP) is 11.7. The van der Waals surface area contributed by atoms with Crippen molar-refractivity contribution in [2.24, 2.45) is 11.8 Å². The molecule has 0 aromatic carbocycles. The van der Waals surface area contributed by atoms with Crippen molar-refractivity contribution < 1.29 is 18.9 Å². The lowest BCUT2D eigenvalue weighted by atomic mass is 9.87. The Hall–Kier alpha value is -0.160. The molecule has 0 aliphatic heterocycles.